The molecule has 1 N–H and O–H groups in total. The Morgan fingerprint density at radius 2 is 2.31 bits per heavy atom. The van der Waals surface area contributed by atoms with E-state index in [1.807, 2.05) is 12.3 Å². The van der Waals surface area contributed by atoms with Crippen LogP contribution in [0.15, 0.2) is 33.8 Å². The monoisotopic (exact) mass is 282 g/mol. The largest absolute Gasteiger partial charge is 0.340 e. The number of aromatic nitrogens is 3. The highest BCUT2D eigenvalue weighted by molar-refractivity contribution is 9.10. The maximum Gasteiger partial charge on any atom is 0.227 e. The fourth-order valence-electron chi connectivity index (χ4n) is 1.29. The number of nitrogens with one attached hydrogen (secondary N) is 1. The quantitative estimate of drug-likeness (QED) is 0.844. The van der Waals surface area contributed by atoms with Crippen LogP contribution in [0.2, 0.25) is 0 Å². The molecule has 0 atom stereocenters. The molecule has 0 aromatic carbocycles. The lowest BCUT2D eigenvalue weighted by atomic mass is 10.3. The summed E-state index contributed by atoms with van der Waals surface area (Å²) in [5.41, 5.74) is 1.14. The molecule has 0 amide bonds. The molecule has 0 aliphatic rings. The number of pyridine rings is 1. The summed E-state index contributed by atoms with van der Waals surface area (Å²) in [6.45, 7) is 1.58. The summed E-state index contributed by atoms with van der Waals surface area (Å²) in [6, 6.07) is 2.03. The molecule has 0 saturated heterocycles. The third-order valence-corrected chi connectivity index (χ3v) is 2.45. The number of rotatable bonds is 5. The van der Waals surface area contributed by atoms with Gasteiger partial charge in [0.1, 0.15) is 0 Å². The van der Waals surface area contributed by atoms with E-state index in [4.69, 9.17) is 4.52 Å². The maximum atomic E-state index is 4.88. The molecule has 0 saturated carbocycles. The molecule has 84 valence electrons. The Bertz CT molecular complexity index is 432. The first-order valence-electron chi connectivity index (χ1n) is 4.90. The van der Waals surface area contributed by atoms with Crippen LogP contribution in [0.4, 0.5) is 0 Å². The minimum atomic E-state index is 0.653. The van der Waals surface area contributed by atoms with Gasteiger partial charge in [-0.05, 0) is 27.6 Å². The second-order valence-corrected chi connectivity index (χ2v) is 4.19. The molecule has 0 spiro atoms. The molecule has 0 aliphatic heterocycles. The molecule has 5 nitrogen and oxygen atoms in total. The highest BCUT2D eigenvalue weighted by Gasteiger charge is 1.98. The smallest absolute Gasteiger partial charge is 0.227 e. The van der Waals surface area contributed by atoms with Crippen LogP contribution >= 0.6 is 15.9 Å². The van der Waals surface area contributed by atoms with Crippen molar-refractivity contribution in [3.63, 3.8) is 0 Å². The Morgan fingerprint density at radius 3 is 3.06 bits per heavy atom. The van der Waals surface area contributed by atoms with E-state index in [2.05, 4.69) is 36.4 Å². The van der Waals surface area contributed by atoms with Crippen molar-refractivity contribution >= 4 is 15.9 Å². The molecule has 0 aliphatic carbocycles. The third-order valence-electron chi connectivity index (χ3n) is 2.01. The van der Waals surface area contributed by atoms with Crippen LogP contribution in [0.1, 0.15) is 11.5 Å². The van der Waals surface area contributed by atoms with Crippen LogP contribution in [0, 0.1) is 0 Å². The summed E-state index contributed by atoms with van der Waals surface area (Å²) >= 11 is 3.38. The van der Waals surface area contributed by atoms with Gasteiger partial charge in [0, 0.05) is 36.4 Å². The fourth-order valence-corrected chi connectivity index (χ4v) is 1.70. The van der Waals surface area contributed by atoms with E-state index in [0.717, 1.165) is 29.5 Å². The number of hydrogen-bond acceptors (Lipinski definition) is 5. The third kappa shape index (κ3) is 3.39. The van der Waals surface area contributed by atoms with E-state index in [1.165, 1.54) is 6.33 Å². The predicted molar refractivity (Wildman–Crippen MR) is 61.6 cm³/mol. The normalized spacial score (nSPS) is 10.6. The van der Waals surface area contributed by atoms with Gasteiger partial charge in [-0.1, -0.05) is 5.16 Å². The molecule has 2 rings (SSSR count). The zero-order chi connectivity index (χ0) is 11.2. The van der Waals surface area contributed by atoms with Gasteiger partial charge in [-0.3, -0.25) is 4.98 Å². The average molecular weight is 283 g/mol. The van der Waals surface area contributed by atoms with E-state index in [-0.39, 0.29) is 0 Å². The Balaban J connectivity index is 1.72. The number of nitrogens with zero attached hydrogens (tertiary/aromatic N) is 3. The van der Waals surface area contributed by atoms with Crippen molar-refractivity contribution in [1.29, 1.82) is 0 Å². The van der Waals surface area contributed by atoms with Gasteiger partial charge in [0.15, 0.2) is 6.33 Å². The van der Waals surface area contributed by atoms with Gasteiger partial charge in [-0.2, -0.15) is 4.98 Å². The van der Waals surface area contributed by atoms with Crippen LogP contribution < -0.4 is 5.32 Å². The molecular formula is C10H11BrN4O. The van der Waals surface area contributed by atoms with Gasteiger partial charge in [0.2, 0.25) is 5.89 Å². The highest BCUT2D eigenvalue weighted by atomic mass is 79.9. The van der Waals surface area contributed by atoms with Crippen molar-refractivity contribution in [1.82, 2.24) is 20.4 Å². The van der Waals surface area contributed by atoms with Crippen LogP contribution in [-0.2, 0) is 13.0 Å². The molecule has 0 radical (unpaired) electrons. The maximum absolute atomic E-state index is 4.88. The SMILES string of the molecule is Brc1cncc(CNCCc2ncno2)c1. The summed E-state index contributed by atoms with van der Waals surface area (Å²) in [5.74, 6) is 0.653. The van der Waals surface area contributed by atoms with Gasteiger partial charge in [0.25, 0.3) is 0 Å². The first kappa shape index (κ1) is 11.2. The van der Waals surface area contributed by atoms with E-state index < -0.39 is 0 Å². The van der Waals surface area contributed by atoms with Crippen LogP contribution in [-0.4, -0.2) is 21.7 Å². The molecule has 2 aromatic rings. The van der Waals surface area contributed by atoms with Crippen LogP contribution in [0.3, 0.4) is 0 Å². The van der Waals surface area contributed by atoms with Gasteiger partial charge >= 0.3 is 0 Å². The lowest BCUT2D eigenvalue weighted by Gasteiger charge is -2.02. The van der Waals surface area contributed by atoms with Crippen molar-refractivity contribution in [2.24, 2.45) is 0 Å². The first-order valence-corrected chi connectivity index (χ1v) is 5.69. The van der Waals surface area contributed by atoms with E-state index in [0.29, 0.717) is 5.89 Å². The van der Waals surface area contributed by atoms with Crippen molar-refractivity contribution in [3.8, 4) is 0 Å². The highest BCUT2D eigenvalue weighted by Crippen LogP contribution is 2.08. The second-order valence-electron chi connectivity index (χ2n) is 3.27. The molecule has 0 unspecified atom stereocenters. The Morgan fingerprint density at radius 1 is 1.38 bits per heavy atom. The zero-order valence-electron chi connectivity index (χ0n) is 8.56. The minimum Gasteiger partial charge on any atom is -0.340 e. The zero-order valence-corrected chi connectivity index (χ0v) is 10.1. The summed E-state index contributed by atoms with van der Waals surface area (Å²) < 4.78 is 5.87. The Kier molecular flexibility index (Phi) is 4.01. The van der Waals surface area contributed by atoms with Gasteiger partial charge in [0.05, 0.1) is 0 Å². The minimum absolute atomic E-state index is 0.653. The van der Waals surface area contributed by atoms with Gasteiger partial charge in [-0.15, -0.1) is 0 Å². The van der Waals surface area contributed by atoms with E-state index in [9.17, 15) is 0 Å². The molecule has 0 fully saturated rings. The molecular weight excluding hydrogens is 272 g/mol. The fraction of sp³-hybridized carbons (Fsp3) is 0.300. The molecule has 16 heavy (non-hydrogen) atoms. The topological polar surface area (TPSA) is 63.8 Å². The van der Waals surface area contributed by atoms with Crippen molar-refractivity contribution in [2.45, 2.75) is 13.0 Å². The van der Waals surface area contributed by atoms with Crippen molar-refractivity contribution < 1.29 is 4.52 Å². The Hall–Kier alpha value is -1.27. The standard InChI is InChI=1S/C10H11BrN4O/c11-9-3-8(5-13-6-9)4-12-2-1-10-14-7-15-16-10/h3,5-7,12H,1-2,4H2. The molecule has 2 heterocycles. The number of halogens is 1. The van der Waals surface area contributed by atoms with Crippen LogP contribution in [0.25, 0.3) is 0 Å². The van der Waals surface area contributed by atoms with Crippen molar-refractivity contribution in [2.75, 3.05) is 6.54 Å². The summed E-state index contributed by atoms with van der Waals surface area (Å²) in [4.78, 5) is 8.02. The Labute approximate surface area is 101 Å². The summed E-state index contributed by atoms with van der Waals surface area (Å²) in [6.07, 6.45) is 5.75. The molecule has 6 heteroatoms. The summed E-state index contributed by atoms with van der Waals surface area (Å²) in [7, 11) is 0. The lowest BCUT2D eigenvalue weighted by Crippen LogP contribution is -2.16. The average Bonchev–Trinajstić information content (AvgIpc) is 2.77. The van der Waals surface area contributed by atoms with Gasteiger partial charge < -0.3 is 9.84 Å². The van der Waals surface area contributed by atoms with Crippen LogP contribution in [0.5, 0.6) is 0 Å². The van der Waals surface area contributed by atoms with E-state index in [1.54, 1.807) is 6.20 Å². The first-order chi connectivity index (χ1) is 7.84. The lowest BCUT2D eigenvalue weighted by molar-refractivity contribution is 0.375. The summed E-state index contributed by atoms with van der Waals surface area (Å²) in [5, 5.41) is 6.82. The van der Waals surface area contributed by atoms with Gasteiger partial charge in [-0.25, -0.2) is 0 Å². The molecule has 2 aromatic heterocycles. The number of hydrogen-bond donors (Lipinski definition) is 1. The predicted octanol–water partition coefficient (Wildman–Crippen LogP) is 1.56. The van der Waals surface area contributed by atoms with Crippen molar-refractivity contribution in [3.05, 3.63) is 40.7 Å². The molecule has 0 bridgehead atoms. The second kappa shape index (κ2) is 5.72. The van der Waals surface area contributed by atoms with E-state index >= 15 is 0 Å².